The first-order valence-corrected chi connectivity index (χ1v) is 4.11. The van der Waals surface area contributed by atoms with Crippen LogP contribution in [0.1, 0.15) is 19.3 Å². The number of esters is 1. The number of hydrogen-bond donors (Lipinski definition) is 0. The van der Waals surface area contributed by atoms with Crippen molar-refractivity contribution in [3.8, 4) is 0 Å². The highest BCUT2D eigenvalue weighted by Crippen LogP contribution is 2.27. The summed E-state index contributed by atoms with van der Waals surface area (Å²) in [5.74, 6) is -0.336. The number of ether oxygens (including phenoxy) is 2. The largest absolute Gasteiger partial charge is 0.467 e. The zero-order chi connectivity index (χ0) is 9.03. The Labute approximate surface area is 72.4 Å². The molecule has 3 heteroatoms. The molecule has 68 valence electrons. The highest BCUT2D eigenvalue weighted by atomic mass is 16.6. The average Bonchev–Trinajstić information content (AvgIpc) is 2.17. The summed E-state index contributed by atoms with van der Waals surface area (Å²) >= 11 is 0. The van der Waals surface area contributed by atoms with Gasteiger partial charge in [0.1, 0.15) is 0 Å². The second-order valence-electron chi connectivity index (χ2n) is 2.89. The molecule has 0 aromatic rings. The van der Waals surface area contributed by atoms with Gasteiger partial charge in [-0.25, -0.2) is 4.79 Å². The van der Waals surface area contributed by atoms with Crippen molar-refractivity contribution in [2.24, 2.45) is 0 Å². The van der Waals surface area contributed by atoms with Crippen LogP contribution in [0, 0.1) is 0 Å². The molecule has 12 heavy (non-hydrogen) atoms. The van der Waals surface area contributed by atoms with Crippen LogP contribution in [0.3, 0.4) is 0 Å². The van der Waals surface area contributed by atoms with E-state index >= 15 is 0 Å². The predicted octanol–water partition coefficient (Wildman–Crippen LogP) is 1.28. The topological polar surface area (TPSA) is 35.5 Å². The molecular weight excluding hydrogens is 156 g/mol. The minimum absolute atomic E-state index is 0.336. The maximum absolute atomic E-state index is 11.3. The summed E-state index contributed by atoms with van der Waals surface area (Å²) in [6, 6.07) is 0. The van der Waals surface area contributed by atoms with Gasteiger partial charge in [-0.2, -0.15) is 0 Å². The average molecular weight is 170 g/mol. The first-order valence-electron chi connectivity index (χ1n) is 4.11. The molecule has 0 aliphatic carbocycles. The summed E-state index contributed by atoms with van der Waals surface area (Å²) in [5, 5.41) is 0. The maximum atomic E-state index is 11.3. The van der Waals surface area contributed by atoms with E-state index in [0.29, 0.717) is 13.0 Å². The first kappa shape index (κ1) is 9.26. The van der Waals surface area contributed by atoms with E-state index in [4.69, 9.17) is 4.74 Å². The van der Waals surface area contributed by atoms with Crippen LogP contribution in [-0.4, -0.2) is 25.3 Å². The van der Waals surface area contributed by atoms with Gasteiger partial charge in [-0.3, -0.25) is 0 Å². The van der Waals surface area contributed by atoms with Crippen LogP contribution in [0.15, 0.2) is 12.7 Å². The molecule has 0 N–H and O–H groups in total. The molecule has 1 rings (SSSR count). The third kappa shape index (κ3) is 1.50. The fraction of sp³-hybridized carbons (Fsp3) is 0.667. The van der Waals surface area contributed by atoms with E-state index in [0.717, 1.165) is 12.8 Å². The predicted molar refractivity (Wildman–Crippen MR) is 44.7 cm³/mol. The van der Waals surface area contributed by atoms with Crippen molar-refractivity contribution in [1.29, 1.82) is 0 Å². The van der Waals surface area contributed by atoms with Gasteiger partial charge in [0.25, 0.3) is 0 Å². The molecule has 3 nitrogen and oxygen atoms in total. The Morgan fingerprint density at radius 2 is 2.42 bits per heavy atom. The van der Waals surface area contributed by atoms with E-state index in [1.54, 1.807) is 0 Å². The minimum atomic E-state index is -0.868. The fourth-order valence-electron chi connectivity index (χ4n) is 1.39. The zero-order valence-electron chi connectivity index (χ0n) is 7.34. The van der Waals surface area contributed by atoms with Crippen LogP contribution in [-0.2, 0) is 14.3 Å². The van der Waals surface area contributed by atoms with Gasteiger partial charge >= 0.3 is 5.97 Å². The van der Waals surface area contributed by atoms with Gasteiger partial charge in [0.15, 0.2) is 5.60 Å². The standard InChI is InChI=1S/C9H14O3/c1-3-9(8(10)11-2)6-4-5-7-12-9/h3H,1,4-7H2,2H3. The quantitative estimate of drug-likeness (QED) is 0.462. The Hall–Kier alpha value is -0.830. The lowest BCUT2D eigenvalue weighted by Gasteiger charge is -2.31. The molecule has 0 bridgehead atoms. The fourth-order valence-corrected chi connectivity index (χ4v) is 1.39. The number of rotatable bonds is 2. The Balaban J connectivity index is 2.72. The second kappa shape index (κ2) is 3.72. The molecule has 1 unspecified atom stereocenters. The summed E-state index contributed by atoms with van der Waals surface area (Å²) in [7, 11) is 1.37. The van der Waals surface area contributed by atoms with Gasteiger partial charge in [-0.05, 0) is 25.3 Å². The summed E-state index contributed by atoms with van der Waals surface area (Å²) < 4.78 is 10.0. The normalized spacial score (nSPS) is 29.4. The molecule has 1 atom stereocenters. The number of carbonyl (C=O) groups excluding carboxylic acids is 1. The highest BCUT2D eigenvalue weighted by molar-refractivity contribution is 5.82. The van der Waals surface area contributed by atoms with E-state index < -0.39 is 5.60 Å². The molecular formula is C9H14O3. The lowest BCUT2D eigenvalue weighted by Crippen LogP contribution is -2.43. The molecule has 1 saturated heterocycles. The van der Waals surface area contributed by atoms with Gasteiger partial charge in [-0.15, -0.1) is 0 Å². The van der Waals surface area contributed by atoms with Crippen molar-refractivity contribution in [2.75, 3.05) is 13.7 Å². The van der Waals surface area contributed by atoms with Crippen molar-refractivity contribution in [1.82, 2.24) is 0 Å². The van der Waals surface area contributed by atoms with Gasteiger partial charge < -0.3 is 9.47 Å². The van der Waals surface area contributed by atoms with Crippen LogP contribution < -0.4 is 0 Å². The number of methoxy groups -OCH3 is 1. The third-order valence-corrected chi connectivity index (χ3v) is 2.16. The number of carbonyl (C=O) groups is 1. The summed E-state index contributed by atoms with van der Waals surface area (Å²) in [5.41, 5.74) is -0.868. The molecule has 0 aromatic carbocycles. The third-order valence-electron chi connectivity index (χ3n) is 2.16. The summed E-state index contributed by atoms with van der Waals surface area (Å²) in [6.07, 6.45) is 4.22. The van der Waals surface area contributed by atoms with Crippen LogP contribution >= 0.6 is 0 Å². The molecule has 0 radical (unpaired) electrons. The van der Waals surface area contributed by atoms with Crippen molar-refractivity contribution >= 4 is 5.97 Å². The maximum Gasteiger partial charge on any atom is 0.342 e. The van der Waals surface area contributed by atoms with E-state index in [1.807, 2.05) is 0 Å². The van der Waals surface area contributed by atoms with Crippen LogP contribution in [0.5, 0.6) is 0 Å². The minimum Gasteiger partial charge on any atom is -0.467 e. The van der Waals surface area contributed by atoms with Crippen molar-refractivity contribution in [2.45, 2.75) is 24.9 Å². The molecule has 0 amide bonds. The zero-order valence-corrected chi connectivity index (χ0v) is 7.34. The summed E-state index contributed by atoms with van der Waals surface area (Å²) in [4.78, 5) is 11.3. The Kier molecular flexibility index (Phi) is 2.87. The van der Waals surface area contributed by atoms with Gasteiger partial charge in [0.05, 0.1) is 7.11 Å². The molecule has 0 spiro atoms. The van der Waals surface area contributed by atoms with Gasteiger partial charge in [0, 0.05) is 6.61 Å². The van der Waals surface area contributed by atoms with E-state index in [1.165, 1.54) is 13.2 Å². The molecule has 1 heterocycles. The number of hydrogen-bond acceptors (Lipinski definition) is 3. The van der Waals surface area contributed by atoms with Crippen LogP contribution in [0.25, 0.3) is 0 Å². The van der Waals surface area contributed by atoms with Gasteiger partial charge in [0.2, 0.25) is 0 Å². The smallest absolute Gasteiger partial charge is 0.342 e. The van der Waals surface area contributed by atoms with Crippen LogP contribution in [0.2, 0.25) is 0 Å². The second-order valence-corrected chi connectivity index (χ2v) is 2.89. The lowest BCUT2D eigenvalue weighted by atomic mass is 9.94. The monoisotopic (exact) mass is 170 g/mol. The Morgan fingerprint density at radius 1 is 1.67 bits per heavy atom. The van der Waals surface area contributed by atoms with E-state index in [9.17, 15) is 4.79 Å². The lowest BCUT2D eigenvalue weighted by molar-refractivity contribution is -0.167. The molecule has 1 aliphatic heterocycles. The van der Waals surface area contributed by atoms with Crippen molar-refractivity contribution < 1.29 is 14.3 Å². The van der Waals surface area contributed by atoms with Gasteiger partial charge in [-0.1, -0.05) is 6.58 Å². The summed E-state index contributed by atoms with van der Waals surface area (Å²) in [6.45, 7) is 4.21. The van der Waals surface area contributed by atoms with Crippen molar-refractivity contribution in [3.63, 3.8) is 0 Å². The SMILES string of the molecule is C=CC1(C(=O)OC)CCCCO1. The first-order chi connectivity index (χ1) is 5.75. The molecule has 1 aliphatic rings. The van der Waals surface area contributed by atoms with E-state index in [2.05, 4.69) is 11.3 Å². The molecule has 0 saturated carbocycles. The van der Waals surface area contributed by atoms with E-state index in [-0.39, 0.29) is 5.97 Å². The Bertz CT molecular complexity index is 180. The molecule has 0 aromatic heterocycles. The molecule has 1 fully saturated rings. The highest BCUT2D eigenvalue weighted by Gasteiger charge is 2.38. The van der Waals surface area contributed by atoms with Crippen molar-refractivity contribution in [3.05, 3.63) is 12.7 Å². The Morgan fingerprint density at radius 3 is 2.83 bits per heavy atom. The van der Waals surface area contributed by atoms with Crippen LogP contribution in [0.4, 0.5) is 0 Å².